The van der Waals surface area contributed by atoms with Gasteiger partial charge in [-0.1, -0.05) is 12.1 Å². The van der Waals surface area contributed by atoms with Gasteiger partial charge in [0.15, 0.2) is 0 Å². The molecule has 2 rings (SSSR count). The quantitative estimate of drug-likeness (QED) is 0.658. The molecule has 0 atom stereocenters. The van der Waals surface area contributed by atoms with Crippen LogP contribution in [0, 0.1) is 0 Å². The number of carbonyl (C=O) groups excluding carboxylic acids is 1. The van der Waals surface area contributed by atoms with Crippen LogP contribution >= 0.6 is 0 Å². The summed E-state index contributed by atoms with van der Waals surface area (Å²) in [7, 11) is -4.22. The van der Waals surface area contributed by atoms with Crippen molar-refractivity contribution in [2.45, 2.75) is 31.3 Å². The molecule has 0 bridgehead atoms. The topological polar surface area (TPSA) is 92.7 Å². The first-order valence-corrected chi connectivity index (χ1v) is 8.46. The number of nitrogens with one attached hydrogen (secondary N) is 1. The van der Waals surface area contributed by atoms with Crippen molar-refractivity contribution >= 4 is 32.5 Å². The number of hydrogen-bond acceptors (Lipinski definition) is 5. The largest absolute Gasteiger partial charge is 0.459 e. The van der Waals surface area contributed by atoms with E-state index in [0.717, 1.165) is 5.39 Å². The van der Waals surface area contributed by atoms with E-state index in [2.05, 4.69) is 5.32 Å². The third-order valence-electron chi connectivity index (χ3n) is 2.97. The van der Waals surface area contributed by atoms with E-state index in [9.17, 15) is 13.2 Å². The Kier molecular flexibility index (Phi) is 4.63. The highest BCUT2D eigenvalue weighted by Gasteiger charge is 2.16. The van der Waals surface area contributed by atoms with Gasteiger partial charge < -0.3 is 10.1 Å². The van der Waals surface area contributed by atoms with Crippen molar-refractivity contribution < 1.29 is 22.5 Å². The maximum absolute atomic E-state index is 11.7. The van der Waals surface area contributed by atoms with Gasteiger partial charge in [-0.3, -0.25) is 9.35 Å². The maximum Gasteiger partial charge on any atom is 0.325 e. The average Bonchev–Trinajstić information content (AvgIpc) is 2.41. The van der Waals surface area contributed by atoms with Crippen molar-refractivity contribution in [3.05, 3.63) is 36.4 Å². The molecule has 0 radical (unpaired) electrons. The summed E-state index contributed by atoms with van der Waals surface area (Å²) in [6.07, 6.45) is 0. The number of fused-ring (bicyclic) bond motifs is 1. The van der Waals surface area contributed by atoms with E-state index in [1.165, 1.54) is 12.1 Å². The predicted molar refractivity (Wildman–Crippen MR) is 88.1 cm³/mol. The van der Waals surface area contributed by atoms with Crippen LogP contribution < -0.4 is 5.32 Å². The lowest BCUT2D eigenvalue weighted by molar-refractivity contribution is -0.152. The molecule has 0 heterocycles. The van der Waals surface area contributed by atoms with Crippen molar-refractivity contribution in [2.24, 2.45) is 0 Å². The molecule has 2 aromatic carbocycles. The van der Waals surface area contributed by atoms with Crippen molar-refractivity contribution in [3.8, 4) is 0 Å². The molecule has 0 aliphatic rings. The molecule has 2 aromatic rings. The first-order chi connectivity index (χ1) is 10.5. The molecule has 124 valence electrons. The second-order valence-electron chi connectivity index (χ2n) is 6.14. The van der Waals surface area contributed by atoms with E-state index >= 15 is 0 Å². The third-order valence-corrected chi connectivity index (χ3v) is 3.82. The molecule has 0 aliphatic heterocycles. The zero-order chi connectivity index (χ0) is 17.3. The number of carbonyl (C=O) groups is 1. The molecule has 0 saturated heterocycles. The summed E-state index contributed by atoms with van der Waals surface area (Å²) in [5, 5.41) is 4.42. The summed E-state index contributed by atoms with van der Waals surface area (Å²) < 4.78 is 36.5. The Bertz CT molecular complexity index is 837. The van der Waals surface area contributed by atoms with Crippen LogP contribution in [-0.2, 0) is 19.6 Å². The molecule has 6 nitrogen and oxygen atoms in total. The fourth-order valence-corrected chi connectivity index (χ4v) is 2.56. The Hall–Kier alpha value is -2.12. The summed E-state index contributed by atoms with van der Waals surface area (Å²) in [5.41, 5.74) is 0.178. The average molecular weight is 337 g/mol. The summed E-state index contributed by atoms with van der Waals surface area (Å²) in [6, 6.07) is 9.53. The Morgan fingerprint density at radius 1 is 1.13 bits per heavy atom. The van der Waals surface area contributed by atoms with Crippen molar-refractivity contribution in [2.75, 3.05) is 11.9 Å². The SMILES string of the molecule is CC(C)(C)OC(=O)CNc1ccc2cc(S(=O)(=O)O)ccc2c1. The smallest absolute Gasteiger partial charge is 0.325 e. The van der Waals surface area contributed by atoms with Crippen molar-refractivity contribution in [1.29, 1.82) is 0 Å². The number of ether oxygens (including phenoxy) is 1. The fraction of sp³-hybridized carbons (Fsp3) is 0.312. The first-order valence-electron chi connectivity index (χ1n) is 7.02. The third kappa shape index (κ3) is 4.94. The molecule has 2 N–H and O–H groups in total. The summed E-state index contributed by atoms with van der Waals surface area (Å²) in [5.74, 6) is -0.362. The van der Waals surface area contributed by atoms with E-state index in [4.69, 9.17) is 9.29 Å². The Morgan fingerprint density at radius 3 is 2.35 bits per heavy atom. The van der Waals surface area contributed by atoms with Gasteiger partial charge in [0.1, 0.15) is 12.1 Å². The zero-order valence-corrected chi connectivity index (χ0v) is 14.0. The predicted octanol–water partition coefficient (Wildman–Crippen LogP) is 2.84. The maximum atomic E-state index is 11.7. The molecule has 7 heteroatoms. The standard InChI is InChI=1S/C16H19NO5S/c1-16(2,3)22-15(18)10-17-13-6-4-12-9-14(23(19,20)21)7-5-11(12)8-13/h4-9,17H,10H2,1-3H3,(H,19,20,21). The summed E-state index contributed by atoms with van der Waals surface area (Å²) in [6.45, 7) is 5.43. The van der Waals surface area contributed by atoms with Gasteiger partial charge in [0.05, 0.1) is 4.90 Å². The number of rotatable bonds is 4. The van der Waals surface area contributed by atoms with Crippen molar-refractivity contribution in [1.82, 2.24) is 0 Å². The number of hydrogen-bond donors (Lipinski definition) is 2. The van der Waals surface area contributed by atoms with Gasteiger partial charge in [-0.2, -0.15) is 8.42 Å². The van der Waals surface area contributed by atoms with E-state index in [1.807, 2.05) is 0 Å². The molecule has 23 heavy (non-hydrogen) atoms. The Labute approximate surface area is 135 Å². The van der Waals surface area contributed by atoms with Crippen LogP contribution in [0.1, 0.15) is 20.8 Å². The second-order valence-corrected chi connectivity index (χ2v) is 7.56. The first kappa shape index (κ1) is 17.2. The summed E-state index contributed by atoms with van der Waals surface area (Å²) in [4.78, 5) is 11.5. The van der Waals surface area contributed by atoms with E-state index in [0.29, 0.717) is 11.1 Å². The van der Waals surface area contributed by atoms with Gasteiger partial charge in [0.2, 0.25) is 0 Å². The number of anilines is 1. The molecule has 0 unspecified atom stereocenters. The van der Waals surface area contributed by atoms with Gasteiger partial charge in [-0.25, -0.2) is 0 Å². The second kappa shape index (κ2) is 6.17. The monoisotopic (exact) mass is 337 g/mol. The molecule has 0 amide bonds. The Balaban J connectivity index is 2.14. The molecule has 0 spiro atoms. The van der Waals surface area contributed by atoms with Crippen LogP contribution in [0.4, 0.5) is 5.69 Å². The molecule has 0 aliphatic carbocycles. The van der Waals surface area contributed by atoms with Crippen LogP contribution in [-0.4, -0.2) is 31.1 Å². The van der Waals surface area contributed by atoms with E-state index < -0.39 is 15.7 Å². The van der Waals surface area contributed by atoms with Gasteiger partial charge in [-0.05, 0) is 55.8 Å². The molecule has 0 saturated carbocycles. The van der Waals surface area contributed by atoms with Crippen LogP contribution in [0.5, 0.6) is 0 Å². The minimum Gasteiger partial charge on any atom is -0.459 e. The zero-order valence-electron chi connectivity index (χ0n) is 13.2. The molecule has 0 aromatic heterocycles. The van der Waals surface area contributed by atoms with Crippen LogP contribution in [0.3, 0.4) is 0 Å². The fourth-order valence-electron chi connectivity index (χ4n) is 2.05. The Morgan fingerprint density at radius 2 is 1.74 bits per heavy atom. The van der Waals surface area contributed by atoms with Crippen molar-refractivity contribution in [3.63, 3.8) is 0 Å². The molecular formula is C16H19NO5S. The number of benzene rings is 2. The van der Waals surface area contributed by atoms with Gasteiger partial charge in [-0.15, -0.1) is 0 Å². The lowest BCUT2D eigenvalue weighted by Gasteiger charge is -2.19. The van der Waals surface area contributed by atoms with Gasteiger partial charge in [0.25, 0.3) is 10.1 Å². The molecule has 0 fully saturated rings. The lowest BCUT2D eigenvalue weighted by Crippen LogP contribution is -2.28. The molecular weight excluding hydrogens is 318 g/mol. The van der Waals surface area contributed by atoms with Crippen LogP contribution in [0.2, 0.25) is 0 Å². The lowest BCUT2D eigenvalue weighted by atomic mass is 10.1. The highest BCUT2D eigenvalue weighted by molar-refractivity contribution is 7.85. The van der Waals surface area contributed by atoms with Crippen LogP contribution in [0.15, 0.2) is 41.3 Å². The highest BCUT2D eigenvalue weighted by Crippen LogP contribution is 2.22. The highest BCUT2D eigenvalue weighted by atomic mass is 32.2. The summed E-state index contributed by atoms with van der Waals surface area (Å²) >= 11 is 0. The van der Waals surface area contributed by atoms with E-state index in [-0.39, 0.29) is 17.4 Å². The minimum atomic E-state index is -4.22. The van der Waals surface area contributed by atoms with Gasteiger partial charge in [0, 0.05) is 5.69 Å². The normalized spacial score (nSPS) is 12.2. The van der Waals surface area contributed by atoms with E-state index in [1.54, 1.807) is 45.0 Å². The number of esters is 1. The van der Waals surface area contributed by atoms with Gasteiger partial charge >= 0.3 is 5.97 Å². The van der Waals surface area contributed by atoms with Crippen LogP contribution in [0.25, 0.3) is 10.8 Å². The minimum absolute atomic E-state index is 0.0336.